The number of halogens is 1. The third kappa shape index (κ3) is 4.33. The minimum atomic E-state index is -0.563. The van der Waals surface area contributed by atoms with E-state index in [0.29, 0.717) is 22.2 Å². The highest BCUT2D eigenvalue weighted by atomic mass is 19.1. The molecule has 2 heterocycles. The molecule has 0 atom stereocenters. The molecule has 0 saturated heterocycles. The van der Waals surface area contributed by atoms with Gasteiger partial charge in [0.05, 0.1) is 25.0 Å². The summed E-state index contributed by atoms with van der Waals surface area (Å²) in [6, 6.07) is 2.62. The largest absolute Gasteiger partial charge is 0.462 e. The van der Waals surface area contributed by atoms with Crippen LogP contribution in [0.3, 0.4) is 0 Å². The molecule has 0 aliphatic heterocycles. The van der Waals surface area contributed by atoms with E-state index in [9.17, 15) is 14.0 Å². The number of amides is 1. The third-order valence-corrected chi connectivity index (χ3v) is 4.69. The molecule has 9 nitrogen and oxygen atoms in total. The van der Waals surface area contributed by atoms with Crippen molar-refractivity contribution in [1.82, 2.24) is 20.1 Å². The van der Waals surface area contributed by atoms with Crippen molar-refractivity contribution >= 4 is 28.9 Å². The van der Waals surface area contributed by atoms with Crippen molar-refractivity contribution in [2.24, 2.45) is 0 Å². The minimum Gasteiger partial charge on any atom is -0.462 e. The number of rotatable bonds is 7. The molecule has 0 aliphatic carbocycles. The van der Waals surface area contributed by atoms with Gasteiger partial charge in [0.1, 0.15) is 17.7 Å². The second-order valence-electron chi connectivity index (χ2n) is 7.14. The number of hydrogen-bond acceptors (Lipinski definition) is 7. The molecule has 0 radical (unpaired) electrons. The molecule has 0 saturated carbocycles. The average Bonchev–Trinajstić information content (AvgIpc) is 3.11. The van der Waals surface area contributed by atoms with E-state index in [1.54, 1.807) is 20.0 Å². The maximum atomic E-state index is 14.7. The van der Waals surface area contributed by atoms with Crippen LogP contribution in [0.25, 0.3) is 5.52 Å². The lowest BCUT2D eigenvalue weighted by Gasteiger charge is -2.14. The smallest absolute Gasteiger partial charge is 0.340 e. The van der Waals surface area contributed by atoms with Crippen LogP contribution in [0.2, 0.25) is 0 Å². The number of aryl methyl sites for hydroxylation is 1. The summed E-state index contributed by atoms with van der Waals surface area (Å²) in [7, 11) is 1.31. The number of nitrogens with one attached hydrogen (secondary N) is 2. The second kappa shape index (κ2) is 9.09. The van der Waals surface area contributed by atoms with Gasteiger partial charge >= 0.3 is 5.97 Å². The lowest BCUT2D eigenvalue weighted by Crippen LogP contribution is -2.23. The molecular formula is C21H24FN5O4. The highest BCUT2D eigenvalue weighted by Gasteiger charge is 2.24. The SMILES string of the molecule is CCOC(=O)c1cn2ncnc(Nc3cc(C(=O)NOC)c(C)cc3F)c2c1C(C)C. The van der Waals surface area contributed by atoms with Crippen molar-refractivity contribution in [2.75, 3.05) is 19.0 Å². The number of hydroxylamine groups is 1. The van der Waals surface area contributed by atoms with E-state index in [1.165, 1.54) is 30.1 Å². The molecule has 0 bridgehead atoms. The molecule has 1 aromatic carbocycles. The zero-order chi connectivity index (χ0) is 22.7. The fourth-order valence-electron chi connectivity index (χ4n) is 3.37. The Balaban J connectivity index is 2.13. The van der Waals surface area contributed by atoms with Gasteiger partial charge in [-0.1, -0.05) is 13.8 Å². The van der Waals surface area contributed by atoms with Crippen LogP contribution in [0.1, 0.15) is 58.5 Å². The Bertz CT molecular complexity index is 1140. The van der Waals surface area contributed by atoms with Crippen LogP contribution in [0, 0.1) is 12.7 Å². The van der Waals surface area contributed by atoms with Crippen molar-refractivity contribution in [1.29, 1.82) is 0 Å². The molecule has 0 spiro atoms. The Kier molecular flexibility index (Phi) is 6.50. The quantitative estimate of drug-likeness (QED) is 0.437. The van der Waals surface area contributed by atoms with E-state index in [0.717, 1.165) is 0 Å². The Hall–Kier alpha value is -3.53. The van der Waals surface area contributed by atoms with Crippen LogP contribution in [0.4, 0.5) is 15.9 Å². The molecule has 3 rings (SSSR count). The fraction of sp³-hybridized carbons (Fsp3) is 0.333. The molecule has 164 valence electrons. The van der Waals surface area contributed by atoms with Crippen LogP contribution < -0.4 is 10.8 Å². The second-order valence-corrected chi connectivity index (χ2v) is 7.14. The normalized spacial score (nSPS) is 11.1. The van der Waals surface area contributed by atoms with Gasteiger partial charge in [-0.3, -0.25) is 9.63 Å². The van der Waals surface area contributed by atoms with Crippen LogP contribution >= 0.6 is 0 Å². The van der Waals surface area contributed by atoms with Gasteiger partial charge in [0.2, 0.25) is 0 Å². The number of carbonyl (C=O) groups is 2. The first kappa shape index (κ1) is 22.2. The number of hydrogen-bond donors (Lipinski definition) is 2. The molecule has 2 N–H and O–H groups in total. The van der Waals surface area contributed by atoms with Gasteiger partial charge in [-0.25, -0.2) is 24.2 Å². The predicted octanol–water partition coefficient (Wildman–Crippen LogP) is 3.51. The fourth-order valence-corrected chi connectivity index (χ4v) is 3.37. The monoisotopic (exact) mass is 429 g/mol. The molecule has 10 heteroatoms. The van der Waals surface area contributed by atoms with Gasteiger partial charge < -0.3 is 10.1 Å². The van der Waals surface area contributed by atoms with Gasteiger partial charge in [0.25, 0.3) is 5.91 Å². The Labute approximate surface area is 178 Å². The summed E-state index contributed by atoms with van der Waals surface area (Å²) >= 11 is 0. The van der Waals surface area contributed by atoms with E-state index in [-0.39, 0.29) is 29.6 Å². The summed E-state index contributed by atoms with van der Waals surface area (Å²) in [5.41, 5.74) is 4.51. The number of benzene rings is 1. The first-order valence-electron chi connectivity index (χ1n) is 9.72. The standard InChI is InChI=1S/C21H24FN5O4/c1-6-31-21(29)14-9-27-18(17(14)11(2)3)19(23-10-24-27)25-16-8-13(20(28)26-30-5)12(4)7-15(16)22/h7-11H,6H2,1-5H3,(H,26,28)(H,23,24,25). The Morgan fingerprint density at radius 1 is 1.26 bits per heavy atom. The first-order valence-corrected chi connectivity index (χ1v) is 9.72. The lowest BCUT2D eigenvalue weighted by atomic mass is 10.00. The lowest BCUT2D eigenvalue weighted by molar-refractivity contribution is 0.0522. The number of aromatic nitrogens is 3. The molecule has 0 aliphatic rings. The minimum absolute atomic E-state index is 0.0426. The first-order chi connectivity index (χ1) is 14.8. The molecule has 1 amide bonds. The molecular weight excluding hydrogens is 405 g/mol. The van der Waals surface area contributed by atoms with E-state index in [1.807, 2.05) is 13.8 Å². The van der Waals surface area contributed by atoms with E-state index in [2.05, 4.69) is 25.7 Å². The summed E-state index contributed by atoms with van der Waals surface area (Å²) in [6.45, 7) is 7.44. The predicted molar refractivity (Wildman–Crippen MR) is 112 cm³/mol. The van der Waals surface area contributed by atoms with E-state index in [4.69, 9.17) is 4.74 Å². The van der Waals surface area contributed by atoms with Crippen LogP contribution in [-0.4, -0.2) is 40.2 Å². The number of esters is 1. The summed E-state index contributed by atoms with van der Waals surface area (Å²) in [6.07, 6.45) is 2.86. The Morgan fingerprint density at radius 3 is 2.65 bits per heavy atom. The van der Waals surface area contributed by atoms with Gasteiger partial charge in [-0.2, -0.15) is 5.10 Å². The molecule has 0 unspecified atom stereocenters. The highest BCUT2D eigenvalue weighted by Crippen LogP contribution is 2.33. The van der Waals surface area contributed by atoms with Crippen molar-refractivity contribution in [3.8, 4) is 0 Å². The Morgan fingerprint density at radius 2 is 2.00 bits per heavy atom. The summed E-state index contributed by atoms with van der Waals surface area (Å²) in [5.74, 6) is -1.32. The van der Waals surface area contributed by atoms with Crippen LogP contribution in [-0.2, 0) is 9.57 Å². The summed E-state index contributed by atoms with van der Waals surface area (Å²) < 4.78 is 21.4. The van der Waals surface area contributed by atoms with Crippen molar-refractivity contribution < 1.29 is 23.6 Å². The average molecular weight is 429 g/mol. The maximum Gasteiger partial charge on any atom is 0.340 e. The van der Waals surface area contributed by atoms with E-state index < -0.39 is 17.7 Å². The maximum absolute atomic E-state index is 14.7. The molecule has 0 fully saturated rings. The molecule has 3 aromatic rings. The number of anilines is 2. The van der Waals surface area contributed by atoms with Gasteiger partial charge in [0.15, 0.2) is 5.82 Å². The number of carbonyl (C=O) groups excluding carboxylic acids is 2. The number of nitrogens with zero attached hydrogens (tertiary/aromatic N) is 3. The topological polar surface area (TPSA) is 107 Å². The van der Waals surface area contributed by atoms with Crippen LogP contribution in [0.5, 0.6) is 0 Å². The van der Waals surface area contributed by atoms with Gasteiger partial charge in [0, 0.05) is 17.3 Å². The molecule has 31 heavy (non-hydrogen) atoms. The number of fused-ring (bicyclic) bond motifs is 1. The molecule has 2 aromatic heterocycles. The zero-order valence-electron chi connectivity index (χ0n) is 17.9. The third-order valence-electron chi connectivity index (χ3n) is 4.69. The zero-order valence-corrected chi connectivity index (χ0v) is 17.9. The van der Waals surface area contributed by atoms with Gasteiger partial charge in [-0.05, 0) is 37.5 Å². The van der Waals surface area contributed by atoms with Crippen molar-refractivity contribution in [3.63, 3.8) is 0 Å². The van der Waals surface area contributed by atoms with Crippen molar-refractivity contribution in [2.45, 2.75) is 33.6 Å². The number of ether oxygens (including phenoxy) is 1. The van der Waals surface area contributed by atoms with Gasteiger partial charge in [-0.15, -0.1) is 0 Å². The van der Waals surface area contributed by atoms with Crippen molar-refractivity contribution in [3.05, 3.63) is 52.7 Å². The van der Waals surface area contributed by atoms with Crippen LogP contribution in [0.15, 0.2) is 24.7 Å². The summed E-state index contributed by atoms with van der Waals surface area (Å²) in [4.78, 5) is 33.6. The summed E-state index contributed by atoms with van der Waals surface area (Å²) in [5, 5.41) is 7.12. The van der Waals surface area contributed by atoms with E-state index >= 15 is 0 Å². The highest BCUT2D eigenvalue weighted by molar-refractivity contribution is 5.97.